The number of nitrogens with zero attached hydrogens (tertiary/aromatic N) is 1. The van der Waals surface area contributed by atoms with E-state index in [0.29, 0.717) is 11.9 Å². The van der Waals surface area contributed by atoms with Gasteiger partial charge in [-0.05, 0) is 62.2 Å². The molecule has 3 fully saturated rings. The van der Waals surface area contributed by atoms with Crippen molar-refractivity contribution in [3.63, 3.8) is 0 Å². The summed E-state index contributed by atoms with van der Waals surface area (Å²) in [5.74, 6) is 3.96. The van der Waals surface area contributed by atoms with E-state index >= 15 is 0 Å². The van der Waals surface area contributed by atoms with Crippen LogP contribution in [0, 0.1) is 23.7 Å². The summed E-state index contributed by atoms with van der Waals surface area (Å²) in [6.45, 7) is 1.05. The van der Waals surface area contributed by atoms with E-state index in [0.717, 1.165) is 43.1 Å². The van der Waals surface area contributed by atoms with Gasteiger partial charge in [-0.25, -0.2) is 0 Å². The first kappa shape index (κ1) is 12.0. The number of hydrogen-bond donors (Lipinski definition) is 0. The Labute approximate surface area is 116 Å². The van der Waals surface area contributed by atoms with E-state index in [2.05, 4.69) is 17.1 Å². The average molecular weight is 259 g/mol. The molecule has 0 N–H and O–H groups in total. The second-order valence-electron chi connectivity index (χ2n) is 7.09. The number of carbonyl (C=O) groups excluding carboxylic acids is 1. The maximum Gasteiger partial charge on any atom is 0.222 e. The van der Waals surface area contributed by atoms with Crippen LogP contribution < -0.4 is 0 Å². The number of allylic oxidation sites excluding steroid dienone is 2. The quantitative estimate of drug-likeness (QED) is 0.611. The summed E-state index contributed by atoms with van der Waals surface area (Å²) in [4.78, 5) is 14.5. The molecule has 0 bridgehead atoms. The highest BCUT2D eigenvalue weighted by molar-refractivity contribution is 5.77. The zero-order chi connectivity index (χ0) is 12.8. The van der Waals surface area contributed by atoms with E-state index in [9.17, 15) is 4.79 Å². The molecular formula is C17H25NO. The monoisotopic (exact) mass is 259 g/mol. The summed E-state index contributed by atoms with van der Waals surface area (Å²) >= 11 is 0. The van der Waals surface area contributed by atoms with E-state index in [1.165, 1.54) is 38.5 Å². The van der Waals surface area contributed by atoms with E-state index in [4.69, 9.17) is 0 Å². The number of piperidine rings is 1. The third kappa shape index (κ3) is 1.86. The summed E-state index contributed by atoms with van der Waals surface area (Å²) in [5.41, 5.74) is 0. The zero-order valence-electron chi connectivity index (χ0n) is 11.8. The fourth-order valence-electron chi connectivity index (χ4n) is 5.49. The highest BCUT2D eigenvalue weighted by Crippen LogP contribution is 2.51. The average Bonchev–Trinajstić information content (AvgIpc) is 2.83. The molecule has 1 amide bonds. The number of amides is 1. The molecule has 4 aliphatic rings. The topological polar surface area (TPSA) is 20.3 Å². The Kier molecular flexibility index (Phi) is 2.93. The molecule has 0 spiro atoms. The second-order valence-corrected chi connectivity index (χ2v) is 7.09. The van der Waals surface area contributed by atoms with E-state index < -0.39 is 0 Å². The van der Waals surface area contributed by atoms with Gasteiger partial charge in [0.25, 0.3) is 0 Å². The molecule has 2 heteroatoms. The minimum Gasteiger partial charge on any atom is -0.339 e. The highest BCUT2D eigenvalue weighted by Gasteiger charge is 2.47. The molecule has 0 aromatic heterocycles. The normalized spacial score (nSPS) is 45.4. The van der Waals surface area contributed by atoms with Gasteiger partial charge < -0.3 is 4.90 Å². The van der Waals surface area contributed by atoms with Gasteiger partial charge in [-0.15, -0.1) is 0 Å². The van der Waals surface area contributed by atoms with Crippen LogP contribution in [-0.2, 0) is 4.79 Å². The molecule has 2 nitrogen and oxygen atoms in total. The molecule has 0 radical (unpaired) electrons. The van der Waals surface area contributed by atoms with Crippen molar-refractivity contribution < 1.29 is 4.79 Å². The van der Waals surface area contributed by atoms with Gasteiger partial charge in [0.1, 0.15) is 0 Å². The Balaban J connectivity index is 1.59. The first-order valence-electron chi connectivity index (χ1n) is 8.31. The molecule has 19 heavy (non-hydrogen) atoms. The number of hydrogen-bond acceptors (Lipinski definition) is 1. The van der Waals surface area contributed by atoms with Gasteiger partial charge in [0.15, 0.2) is 0 Å². The summed E-state index contributed by atoms with van der Waals surface area (Å²) in [6.07, 6.45) is 14.7. The highest BCUT2D eigenvalue weighted by atomic mass is 16.2. The minimum absolute atomic E-state index is 0.452. The molecule has 104 valence electrons. The Morgan fingerprint density at radius 3 is 2.89 bits per heavy atom. The third-order valence-corrected chi connectivity index (χ3v) is 6.33. The molecule has 2 saturated heterocycles. The van der Waals surface area contributed by atoms with Crippen LogP contribution in [0.2, 0.25) is 0 Å². The third-order valence-electron chi connectivity index (χ3n) is 6.33. The summed E-state index contributed by atoms with van der Waals surface area (Å²) < 4.78 is 0. The van der Waals surface area contributed by atoms with Gasteiger partial charge in [0.2, 0.25) is 5.91 Å². The van der Waals surface area contributed by atoms with Crippen molar-refractivity contribution in [3.05, 3.63) is 12.2 Å². The van der Waals surface area contributed by atoms with Crippen molar-refractivity contribution in [2.24, 2.45) is 23.7 Å². The van der Waals surface area contributed by atoms with Gasteiger partial charge in [-0.2, -0.15) is 0 Å². The first-order valence-corrected chi connectivity index (χ1v) is 8.31. The molecule has 4 rings (SSSR count). The predicted molar refractivity (Wildman–Crippen MR) is 75.5 cm³/mol. The van der Waals surface area contributed by atoms with Crippen molar-refractivity contribution in [2.75, 3.05) is 6.54 Å². The van der Waals surface area contributed by atoms with Gasteiger partial charge in [-0.1, -0.05) is 18.6 Å². The Morgan fingerprint density at radius 2 is 1.95 bits per heavy atom. The van der Waals surface area contributed by atoms with Crippen LogP contribution in [0.3, 0.4) is 0 Å². The van der Waals surface area contributed by atoms with Crippen LogP contribution in [0.1, 0.15) is 51.4 Å². The van der Waals surface area contributed by atoms with Crippen molar-refractivity contribution in [2.45, 2.75) is 57.4 Å². The molecule has 2 aliphatic carbocycles. The maximum atomic E-state index is 12.3. The molecular weight excluding hydrogens is 234 g/mol. The van der Waals surface area contributed by atoms with E-state index in [1.807, 2.05) is 0 Å². The van der Waals surface area contributed by atoms with Crippen LogP contribution >= 0.6 is 0 Å². The van der Waals surface area contributed by atoms with Crippen molar-refractivity contribution in [1.29, 1.82) is 0 Å². The first-order chi connectivity index (χ1) is 9.34. The van der Waals surface area contributed by atoms with E-state index in [1.54, 1.807) is 0 Å². The largest absolute Gasteiger partial charge is 0.339 e. The number of fused-ring (bicyclic) bond motifs is 5. The number of carbonyl (C=O) groups is 1. The van der Waals surface area contributed by atoms with Crippen molar-refractivity contribution >= 4 is 5.91 Å². The van der Waals surface area contributed by atoms with Crippen LogP contribution in [0.4, 0.5) is 0 Å². The smallest absolute Gasteiger partial charge is 0.222 e. The Morgan fingerprint density at radius 1 is 1.00 bits per heavy atom. The molecule has 0 aromatic carbocycles. The Hall–Kier alpha value is -0.790. The van der Waals surface area contributed by atoms with Crippen LogP contribution in [0.5, 0.6) is 0 Å². The fraction of sp³-hybridized carbons (Fsp3) is 0.824. The van der Waals surface area contributed by atoms with Gasteiger partial charge in [0, 0.05) is 19.0 Å². The van der Waals surface area contributed by atoms with Gasteiger partial charge >= 0.3 is 0 Å². The molecule has 2 aliphatic heterocycles. The minimum atomic E-state index is 0.452. The van der Waals surface area contributed by atoms with E-state index in [-0.39, 0.29) is 0 Å². The molecule has 5 unspecified atom stereocenters. The van der Waals surface area contributed by atoms with Gasteiger partial charge in [0.05, 0.1) is 0 Å². The zero-order valence-corrected chi connectivity index (χ0v) is 11.8. The van der Waals surface area contributed by atoms with Crippen LogP contribution in [0.25, 0.3) is 0 Å². The fourth-order valence-corrected chi connectivity index (χ4v) is 5.49. The Bertz CT molecular complexity index is 402. The SMILES string of the molecule is O=C1CCCCC2C3CCC4C=CCC4C3CCN12. The lowest BCUT2D eigenvalue weighted by Gasteiger charge is -2.51. The summed E-state index contributed by atoms with van der Waals surface area (Å²) in [7, 11) is 0. The molecule has 5 atom stereocenters. The van der Waals surface area contributed by atoms with Gasteiger partial charge in [-0.3, -0.25) is 4.79 Å². The lowest BCUT2D eigenvalue weighted by Crippen LogP contribution is -2.54. The number of rotatable bonds is 0. The van der Waals surface area contributed by atoms with Crippen LogP contribution in [0.15, 0.2) is 12.2 Å². The maximum absolute atomic E-state index is 12.3. The standard InChI is InChI=1S/C17H25NO/c19-17-7-2-1-6-16-15-9-8-12-4-3-5-13(12)14(15)10-11-18(16)17/h3-4,12-16H,1-2,5-11H2. The predicted octanol–water partition coefficient (Wildman–Crippen LogP) is 3.38. The molecule has 1 saturated carbocycles. The van der Waals surface area contributed by atoms with Crippen LogP contribution in [-0.4, -0.2) is 23.4 Å². The lowest BCUT2D eigenvalue weighted by atomic mass is 9.62. The second kappa shape index (κ2) is 4.64. The van der Waals surface area contributed by atoms with Crippen molar-refractivity contribution in [3.8, 4) is 0 Å². The molecule has 2 heterocycles. The lowest BCUT2D eigenvalue weighted by molar-refractivity contribution is -0.139. The van der Waals surface area contributed by atoms with Crippen molar-refractivity contribution in [1.82, 2.24) is 4.90 Å². The summed E-state index contributed by atoms with van der Waals surface area (Å²) in [5, 5.41) is 0. The summed E-state index contributed by atoms with van der Waals surface area (Å²) in [6, 6.07) is 0.593. The molecule has 0 aromatic rings.